The maximum atomic E-state index is 13.0. The summed E-state index contributed by atoms with van der Waals surface area (Å²) in [5, 5.41) is 11.6. The molecule has 0 heterocycles. The molecule has 0 aliphatic rings. The quantitative estimate of drug-likeness (QED) is 0.238. The van der Waals surface area contributed by atoms with Crippen LogP contribution in [0.25, 0.3) is 0 Å². The van der Waals surface area contributed by atoms with E-state index >= 15 is 0 Å². The second kappa shape index (κ2) is 14.4. The third-order valence-corrected chi connectivity index (χ3v) is 4.35. The number of unbranched alkanes of at least 4 members (excludes halogenated alkanes) is 2. The van der Waals surface area contributed by atoms with Gasteiger partial charge in [0.05, 0.1) is 19.6 Å². The monoisotopic (exact) mass is 387 g/mol. The maximum Gasteiger partial charge on any atom is 0.328 e. The molecule has 0 aromatic rings. The van der Waals surface area contributed by atoms with Crippen LogP contribution in [0.4, 0.5) is 0 Å². The van der Waals surface area contributed by atoms with Gasteiger partial charge in [0.15, 0.2) is 0 Å². The lowest BCUT2D eigenvalue weighted by atomic mass is 10.0. The van der Waals surface area contributed by atoms with Crippen LogP contribution >= 0.6 is 0 Å². The van der Waals surface area contributed by atoms with Gasteiger partial charge in [-0.05, 0) is 38.3 Å². The molecule has 3 N–H and O–H groups in total. The Kier molecular flexibility index (Phi) is 13.5. The molecule has 0 unspecified atom stereocenters. The number of nitrogens with one attached hydrogen (secondary N) is 2. The molecule has 8 heteroatoms. The second-order valence-electron chi connectivity index (χ2n) is 7.21. The predicted molar refractivity (Wildman–Crippen MR) is 103 cm³/mol. The molecule has 0 fully saturated rings. The lowest BCUT2D eigenvalue weighted by molar-refractivity contribution is -0.146. The molecular weight excluding hydrogens is 350 g/mol. The Balaban J connectivity index is 5.42. The minimum atomic E-state index is -0.763. The first-order valence-corrected chi connectivity index (χ1v) is 9.85. The van der Waals surface area contributed by atoms with Crippen LogP contribution in [0.5, 0.6) is 0 Å². The van der Waals surface area contributed by atoms with Gasteiger partial charge in [-0.1, -0.05) is 40.5 Å². The highest BCUT2D eigenvalue weighted by Crippen LogP contribution is 2.12. The molecule has 158 valence electrons. The number of rotatable bonds is 14. The van der Waals surface area contributed by atoms with E-state index < -0.39 is 29.9 Å². The van der Waals surface area contributed by atoms with E-state index in [-0.39, 0.29) is 12.3 Å². The molecule has 8 nitrogen and oxygen atoms in total. The summed E-state index contributed by atoms with van der Waals surface area (Å²) in [5.41, 5.74) is 1.60. The molecule has 0 spiro atoms. The number of amides is 2. The molecule has 0 radical (unpaired) electrons. The third-order valence-electron chi connectivity index (χ3n) is 4.35. The number of carbonyl (C=O) groups excluding carboxylic acids is 3. The Morgan fingerprint density at radius 3 is 2.04 bits per heavy atom. The standard InChI is InChI=1S/C19H37N3O5/c1-6-8-10-22(11-9-7-2)16(13-17(23)21-26)18(24)20-15(12-14(3)4)19(25)27-5/h14-16,26H,6-13H2,1-5H3,(H,20,24)(H,21,23)/t15-,16+/m0/s1. The molecule has 0 saturated heterocycles. The maximum absolute atomic E-state index is 13.0. The van der Waals surface area contributed by atoms with Gasteiger partial charge in [-0.3, -0.25) is 19.7 Å². The van der Waals surface area contributed by atoms with Gasteiger partial charge in [0.1, 0.15) is 6.04 Å². The van der Waals surface area contributed by atoms with Crippen molar-refractivity contribution in [2.75, 3.05) is 20.2 Å². The van der Waals surface area contributed by atoms with E-state index in [1.807, 2.05) is 18.7 Å². The van der Waals surface area contributed by atoms with Gasteiger partial charge < -0.3 is 10.1 Å². The summed E-state index contributed by atoms with van der Waals surface area (Å²) in [5.74, 6) is -1.35. The van der Waals surface area contributed by atoms with Crippen molar-refractivity contribution in [2.24, 2.45) is 5.92 Å². The average Bonchev–Trinajstić information content (AvgIpc) is 2.64. The SMILES string of the molecule is CCCCN(CCCC)[C@H](CC(=O)NO)C(=O)N[C@@H](CC(C)C)C(=O)OC. The molecule has 0 aromatic heterocycles. The van der Waals surface area contributed by atoms with E-state index in [0.29, 0.717) is 19.5 Å². The lowest BCUT2D eigenvalue weighted by Gasteiger charge is -2.31. The number of ether oxygens (including phenoxy) is 1. The summed E-state index contributed by atoms with van der Waals surface area (Å²) in [4.78, 5) is 38.7. The van der Waals surface area contributed by atoms with Crippen molar-refractivity contribution in [2.45, 2.75) is 78.3 Å². The van der Waals surface area contributed by atoms with Crippen LogP contribution in [0.1, 0.15) is 66.2 Å². The van der Waals surface area contributed by atoms with Crippen LogP contribution in [0.15, 0.2) is 0 Å². The summed E-state index contributed by atoms with van der Waals surface area (Å²) < 4.78 is 4.80. The number of esters is 1. The first kappa shape index (κ1) is 25.3. The Morgan fingerprint density at radius 2 is 1.63 bits per heavy atom. The largest absolute Gasteiger partial charge is 0.467 e. The first-order chi connectivity index (χ1) is 12.8. The van der Waals surface area contributed by atoms with Crippen molar-refractivity contribution in [3.63, 3.8) is 0 Å². The predicted octanol–water partition coefficient (Wildman–Crippen LogP) is 1.86. The first-order valence-electron chi connectivity index (χ1n) is 9.85. The fourth-order valence-corrected chi connectivity index (χ4v) is 2.85. The van der Waals surface area contributed by atoms with Crippen LogP contribution in [0.3, 0.4) is 0 Å². The smallest absolute Gasteiger partial charge is 0.328 e. The number of hydrogen-bond acceptors (Lipinski definition) is 6. The minimum absolute atomic E-state index is 0.175. The molecule has 0 saturated carbocycles. The topological polar surface area (TPSA) is 108 Å². The normalized spacial score (nSPS) is 13.3. The summed E-state index contributed by atoms with van der Waals surface area (Å²) in [6, 6.07) is -1.52. The van der Waals surface area contributed by atoms with Crippen LogP contribution < -0.4 is 10.8 Å². The fraction of sp³-hybridized carbons (Fsp3) is 0.842. The number of nitrogens with zero attached hydrogens (tertiary/aromatic N) is 1. The molecule has 0 aliphatic heterocycles. The summed E-state index contributed by atoms with van der Waals surface area (Å²) in [7, 11) is 1.29. The van der Waals surface area contributed by atoms with Gasteiger partial charge in [-0.25, -0.2) is 10.3 Å². The number of methoxy groups -OCH3 is 1. The van der Waals surface area contributed by atoms with Crippen LogP contribution in [0, 0.1) is 5.92 Å². The van der Waals surface area contributed by atoms with Crippen LogP contribution in [-0.4, -0.2) is 60.2 Å². The van der Waals surface area contributed by atoms with E-state index in [4.69, 9.17) is 9.94 Å². The summed E-state index contributed by atoms with van der Waals surface area (Å²) >= 11 is 0. The fourth-order valence-electron chi connectivity index (χ4n) is 2.85. The summed E-state index contributed by atoms with van der Waals surface area (Å²) in [6.07, 6.45) is 3.97. The van der Waals surface area contributed by atoms with Crippen molar-refractivity contribution in [1.82, 2.24) is 15.7 Å². The van der Waals surface area contributed by atoms with E-state index in [1.165, 1.54) is 7.11 Å². The number of carbonyl (C=O) groups is 3. The molecule has 0 aliphatic carbocycles. The number of hydroxylamine groups is 1. The van der Waals surface area contributed by atoms with Gasteiger partial charge in [0.25, 0.3) is 0 Å². The third kappa shape index (κ3) is 10.3. The molecule has 2 amide bonds. The van der Waals surface area contributed by atoms with Gasteiger partial charge in [-0.2, -0.15) is 0 Å². The Bertz CT molecular complexity index is 449. The zero-order chi connectivity index (χ0) is 20.8. The van der Waals surface area contributed by atoms with E-state index in [0.717, 1.165) is 25.7 Å². The van der Waals surface area contributed by atoms with E-state index in [2.05, 4.69) is 19.2 Å². The van der Waals surface area contributed by atoms with E-state index in [1.54, 1.807) is 5.48 Å². The van der Waals surface area contributed by atoms with Gasteiger partial charge in [0.2, 0.25) is 11.8 Å². The Hall–Kier alpha value is -1.67. The zero-order valence-electron chi connectivity index (χ0n) is 17.4. The van der Waals surface area contributed by atoms with Gasteiger partial charge >= 0.3 is 5.97 Å². The second-order valence-corrected chi connectivity index (χ2v) is 7.21. The van der Waals surface area contributed by atoms with Crippen molar-refractivity contribution in [1.29, 1.82) is 0 Å². The van der Waals surface area contributed by atoms with E-state index in [9.17, 15) is 14.4 Å². The van der Waals surface area contributed by atoms with Gasteiger partial charge in [0, 0.05) is 0 Å². The molecule has 0 aromatic carbocycles. The lowest BCUT2D eigenvalue weighted by Crippen LogP contribution is -2.54. The van der Waals surface area contributed by atoms with Crippen molar-refractivity contribution < 1.29 is 24.3 Å². The van der Waals surface area contributed by atoms with Gasteiger partial charge in [-0.15, -0.1) is 0 Å². The highest BCUT2D eigenvalue weighted by Gasteiger charge is 2.31. The molecule has 0 bridgehead atoms. The molecular formula is C19H37N3O5. The van der Waals surface area contributed by atoms with Crippen LogP contribution in [-0.2, 0) is 19.1 Å². The van der Waals surface area contributed by atoms with Crippen molar-refractivity contribution in [3.05, 3.63) is 0 Å². The average molecular weight is 388 g/mol. The molecule has 0 rings (SSSR count). The Morgan fingerprint density at radius 1 is 1.07 bits per heavy atom. The highest BCUT2D eigenvalue weighted by atomic mass is 16.5. The van der Waals surface area contributed by atoms with Crippen molar-refractivity contribution in [3.8, 4) is 0 Å². The zero-order valence-corrected chi connectivity index (χ0v) is 17.4. The highest BCUT2D eigenvalue weighted by molar-refractivity contribution is 5.91. The number of hydrogen-bond donors (Lipinski definition) is 3. The minimum Gasteiger partial charge on any atom is -0.467 e. The van der Waals surface area contributed by atoms with Crippen LogP contribution in [0.2, 0.25) is 0 Å². The summed E-state index contributed by atoms with van der Waals surface area (Å²) in [6.45, 7) is 9.36. The van der Waals surface area contributed by atoms with Crippen molar-refractivity contribution >= 4 is 17.8 Å². The molecule has 2 atom stereocenters. The Labute approximate surface area is 163 Å². The molecule has 27 heavy (non-hydrogen) atoms.